The number of carbonyl (C=O) groups is 1. The fourth-order valence-electron chi connectivity index (χ4n) is 3.56. The summed E-state index contributed by atoms with van der Waals surface area (Å²) in [6, 6.07) is 0.236. The summed E-state index contributed by atoms with van der Waals surface area (Å²) in [5.41, 5.74) is 0. The molecule has 1 aliphatic rings. The highest BCUT2D eigenvalue weighted by atomic mass is 16.5. The van der Waals surface area contributed by atoms with Gasteiger partial charge >= 0.3 is 5.97 Å². The molecule has 0 radical (unpaired) electrons. The third kappa shape index (κ3) is 5.15. The summed E-state index contributed by atoms with van der Waals surface area (Å²) in [6.45, 7) is 9.49. The van der Waals surface area contributed by atoms with E-state index in [4.69, 9.17) is 4.74 Å². The van der Waals surface area contributed by atoms with Crippen molar-refractivity contribution >= 4 is 17.9 Å². The van der Waals surface area contributed by atoms with Crippen molar-refractivity contribution in [2.24, 2.45) is 0 Å². The van der Waals surface area contributed by atoms with Gasteiger partial charge in [-0.25, -0.2) is 19.9 Å². The smallest absolute Gasteiger partial charge is 0.320 e. The summed E-state index contributed by atoms with van der Waals surface area (Å²) in [4.78, 5) is 44.0. The van der Waals surface area contributed by atoms with Crippen LogP contribution in [-0.4, -0.2) is 86.6 Å². The van der Waals surface area contributed by atoms with Crippen LogP contribution in [0.4, 0.5) is 11.9 Å². The van der Waals surface area contributed by atoms with E-state index in [0.717, 1.165) is 13.1 Å². The second-order valence-corrected chi connectivity index (χ2v) is 7.86. The lowest BCUT2D eigenvalue weighted by Crippen LogP contribution is -2.58. The molecule has 0 amide bonds. The molecule has 162 valence electrons. The van der Waals surface area contributed by atoms with Gasteiger partial charge in [0.2, 0.25) is 11.9 Å². The summed E-state index contributed by atoms with van der Waals surface area (Å²) in [5, 5.41) is 0. The van der Waals surface area contributed by atoms with Crippen LogP contribution in [0.2, 0.25) is 0 Å². The molecule has 2 aromatic rings. The molecule has 3 atom stereocenters. The van der Waals surface area contributed by atoms with Gasteiger partial charge in [-0.05, 0) is 41.8 Å². The van der Waals surface area contributed by atoms with Crippen molar-refractivity contribution in [1.29, 1.82) is 0 Å². The SMILES string of the molecule is Cc1ncnc(N2CC(C)N(c3ncnc(C(C)OC(=O)CN(C)C)n3)C(C)C2)n1. The van der Waals surface area contributed by atoms with Gasteiger partial charge in [0, 0.05) is 25.2 Å². The minimum absolute atomic E-state index is 0.118. The molecule has 11 heteroatoms. The number of piperazine rings is 1. The topological polar surface area (TPSA) is 113 Å². The summed E-state index contributed by atoms with van der Waals surface area (Å²) in [6.07, 6.45) is 2.45. The number of hydrogen-bond acceptors (Lipinski definition) is 11. The van der Waals surface area contributed by atoms with Crippen LogP contribution in [0.5, 0.6) is 0 Å². The number of anilines is 2. The van der Waals surface area contributed by atoms with Crippen molar-refractivity contribution in [1.82, 2.24) is 34.8 Å². The van der Waals surface area contributed by atoms with Crippen LogP contribution >= 0.6 is 0 Å². The molecule has 3 heterocycles. The first-order valence-corrected chi connectivity index (χ1v) is 9.96. The molecule has 0 N–H and O–H groups in total. The molecule has 0 saturated carbocycles. The van der Waals surface area contributed by atoms with E-state index in [9.17, 15) is 4.79 Å². The van der Waals surface area contributed by atoms with Crippen molar-refractivity contribution in [3.8, 4) is 0 Å². The van der Waals surface area contributed by atoms with Gasteiger partial charge in [0.25, 0.3) is 0 Å². The quantitative estimate of drug-likeness (QED) is 0.619. The summed E-state index contributed by atoms with van der Waals surface area (Å²) in [7, 11) is 3.63. The fourth-order valence-corrected chi connectivity index (χ4v) is 3.56. The zero-order valence-electron chi connectivity index (χ0n) is 18.3. The summed E-state index contributed by atoms with van der Waals surface area (Å²) >= 11 is 0. The van der Waals surface area contributed by atoms with Crippen molar-refractivity contribution < 1.29 is 9.53 Å². The molecule has 3 unspecified atom stereocenters. The van der Waals surface area contributed by atoms with E-state index in [0.29, 0.717) is 23.5 Å². The first-order valence-electron chi connectivity index (χ1n) is 9.96. The van der Waals surface area contributed by atoms with Crippen LogP contribution in [0.15, 0.2) is 12.7 Å². The first kappa shape index (κ1) is 21.8. The number of likely N-dealkylation sites (N-methyl/N-ethyl adjacent to an activating group) is 1. The second kappa shape index (κ2) is 9.24. The van der Waals surface area contributed by atoms with Crippen molar-refractivity contribution in [3.63, 3.8) is 0 Å². The number of aryl methyl sites for hydroxylation is 1. The normalized spacial score (nSPS) is 20.4. The standard InChI is InChI=1S/C19H29N9O2/c1-12-7-27(18-22-10-20-15(4)24-18)8-13(2)28(12)19-23-11-21-17(25-19)14(3)30-16(29)9-26(5)6/h10-14H,7-9H2,1-6H3. The Labute approximate surface area is 176 Å². The number of hydrogen-bond donors (Lipinski definition) is 0. The van der Waals surface area contributed by atoms with Crippen molar-refractivity contribution in [3.05, 3.63) is 24.3 Å². The molecule has 0 spiro atoms. The number of aromatic nitrogens is 6. The Balaban J connectivity index is 1.73. The van der Waals surface area contributed by atoms with Gasteiger partial charge < -0.3 is 14.5 Å². The molecule has 3 rings (SSSR count). The predicted molar refractivity (Wildman–Crippen MR) is 111 cm³/mol. The lowest BCUT2D eigenvalue weighted by Gasteiger charge is -2.44. The fraction of sp³-hybridized carbons (Fsp3) is 0.632. The maximum absolute atomic E-state index is 12.0. The van der Waals surface area contributed by atoms with E-state index >= 15 is 0 Å². The van der Waals surface area contributed by atoms with Crippen LogP contribution in [0.25, 0.3) is 0 Å². The summed E-state index contributed by atoms with van der Waals surface area (Å²) < 4.78 is 5.45. The molecule has 11 nitrogen and oxygen atoms in total. The van der Waals surface area contributed by atoms with Gasteiger partial charge in [-0.2, -0.15) is 9.97 Å². The lowest BCUT2D eigenvalue weighted by molar-refractivity contribution is -0.149. The highest BCUT2D eigenvalue weighted by molar-refractivity contribution is 5.71. The Morgan fingerprint density at radius 3 is 2.37 bits per heavy atom. The van der Waals surface area contributed by atoms with Crippen LogP contribution < -0.4 is 9.80 Å². The minimum atomic E-state index is -0.556. The highest BCUT2D eigenvalue weighted by Gasteiger charge is 2.33. The van der Waals surface area contributed by atoms with Crippen LogP contribution in [0.3, 0.4) is 0 Å². The Hall–Kier alpha value is -2.95. The van der Waals surface area contributed by atoms with Gasteiger partial charge in [0.05, 0.1) is 6.54 Å². The molecular formula is C19H29N9O2. The second-order valence-electron chi connectivity index (χ2n) is 7.86. The number of ether oxygens (including phenoxy) is 1. The minimum Gasteiger partial charge on any atom is -0.453 e. The lowest BCUT2D eigenvalue weighted by atomic mass is 10.1. The Morgan fingerprint density at radius 2 is 1.73 bits per heavy atom. The maximum atomic E-state index is 12.0. The Kier molecular flexibility index (Phi) is 6.70. The molecule has 0 bridgehead atoms. The highest BCUT2D eigenvalue weighted by Crippen LogP contribution is 2.24. The third-order valence-electron chi connectivity index (χ3n) is 4.81. The van der Waals surface area contributed by atoms with Crippen molar-refractivity contribution in [2.45, 2.75) is 45.9 Å². The molecule has 0 aromatic carbocycles. The van der Waals surface area contributed by atoms with Crippen molar-refractivity contribution in [2.75, 3.05) is 43.5 Å². The molecule has 1 fully saturated rings. The number of carbonyl (C=O) groups excluding carboxylic acids is 1. The van der Waals surface area contributed by atoms with Crippen LogP contribution in [0, 0.1) is 6.92 Å². The maximum Gasteiger partial charge on any atom is 0.320 e. The average Bonchev–Trinajstić information content (AvgIpc) is 2.67. The number of rotatable bonds is 6. The summed E-state index contributed by atoms with van der Waals surface area (Å²) in [5.74, 6) is 2.06. The zero-order valence-corrected chi connectivity index (χ0v) is 18.3. The van der Waals surface area contributed by atoms with E-state index in [1.807, 2.05) is 21.0 Å². The van der Waals surface area contributed by atoms with Gasteiger partial charge in [-0.1, -0.05) is 0 Å². The van der Waals surface area contributed by atoms with E-state index in [2.05, 4.69) is 53.6 Å². The monoisotopic (exact) mass is 415 g/mol. The molecule has 1 saturated heterocycles. The van der Waals surface area contributed by atoms with E-state index in [1.165, 1.54) is 12.7 Å². The Bertz CT molecular complexity index is 867. The third-order valence-corrected chi connectivity index (χ3v) is 4.81. The van der Waals surface area contributed by atoms with Crippen LogP contribution in [0.1, 0.15) is 38.5 Å². The number of nitrogens with zero attached hydrogens (tertiary/aromatic N) is 9. The molecule has 1 aliphatic heterocycles. The van der Waals surface area contributed by atoms with Gasteiger partial charge in [-0.15, -0.1) is 0 Å². The van der Waals surface area contributed by atoms with E-state index in [1.54, 1.807) is 11.8 Å². The van der Waals surface area contributed by atoms with Crippen LogP contribution in [-0.2, 0) is 9.53 Å². The predicted octanol–water partition coefficient (Wildman–Crippen LogP) is 0.634. The largest absolute Gasteiger partial charge is 0.453 e. The van der Waals surface area contributed by atoms with Gasteiger partial charge in [0.15, 0.2) is 11.9 Å². The first-order chi connectivity index (χ1) is 14.2. The zero-order chi connectivity index (χ0) is 21.8. The van der Waals surface area contributed by atoms with E-state index < -0.39 is 6.10 Å². The van der Waals surface area contributed by atoms with Gasteiger partial charge in [0.1, 0.15) is 18.5 Å². The van der Waals surface area contributed by atoms with Gasteiger partial charge in [-0.3, -0.25) is 9.69 Å². The molecular weight excluding hydrogens is 386 g/mol. The molecule has 30 heavy (non-hydrogen) atoms. The molecule has 2 aromatic heterocycles. The Morgan fingerprint density at radius 1 is 1.10 bits per heavy atom. The molecule has 0 aliphatic carbocycles. The average molecular weight is 416 g/mol. The number of esters is 1. The van der Waals surface area contributed by atoms with E-state index in [-0.39, 0.29) is 24.6 Å².